The molecule has 1 N–H and O–H groups in total. The summed E-state index contributed by atoms with van der Waals surface area (Å²) in [5, 5.41) is 10.2. The fraction of sp³-hybridized carbons (Fsp3) is 0.419. The molecule has 0 spiro atoms. The minimum absolute atomic E-state index is 0.0314. The molecule has 2 amide bonds. The van der Waals surface area contributed by atoms with E-state index in [1.807, 2.05) is 36.4 Å². The number of amides is 2. The van der Waals surface area contributed by atoms with Crippen LogP contribution in [0.5, 0.6) is 5.75 Å². The number of para-hydroxylation sites is 1. The van der Waals surface area contributed by atoms with Gasteiger partial charge in [0, 0.05) is 5.92 Å². The third-order valence-electron chi connectivity index (χ3n) is 8.10. The topological polar surface area (TPSA) is 66.8 Å². The van der Waals surface area contributed by atoms with Gasteiger partial charge >= 0.3 is 0 Å². The summed E-state index contributed by atoms with van der Waals surface area (Å²) in [4.78, 5) is 28.5. The highest BCUT2D eigenvalue weighted by Gasteiger charge is 2.57. The number of carbonyl (C=O) groups is 2. The van der Waals surface area contributed by atoms with Crippen molar-refractivity contribution in [2.45, 2.75) is 58.5 Å². The van der Waals surface area contributed by atoms with Crippen molar-refractivity contribution < 1.29 is 19.4 Å². The minimum atomic E-state index is -0.342. The molecule has 0 aromatic heterocycles. The van der Waals surface area contributed by atoms with Crippen molar-refractivity contribution in [3.63, 3.8) is 0 Å². The third-order valence-corrected chi connectivity index (χ3v) is 8.43. The van der Waals surface area contributed by atoms with E-state index in [0.717, 1.165) is 37.7 Å². The Kier molecular flexibility index (Phi) is 7.55. The standard InChI is InChI=1S/C31H34ClNO4/c1-3-8-21-16-24-29(31(36)33(30(24)35)22-9-6-5-7-10-22)25-18-37-27(28(21)25)14-11-19(4-2)15-20-12-13-23(34)17-26(20)32/h5-7,9-10,12-13,15,17,24-25,27,29,34H,3-4,8,11,14,16,18H2,1-2H3/b19-15+/t24-,25+,27-,29-/m1/s1. The number of phenols is 1. The Morgan fingerprint density at radius 1 is 1.11 bits per heavy atom. The van der Waals surface area contributed by atoms with E-state index in [-0.39, 0.29) is 41.4 Å². The number of hydrogen-bond acceptors (Lipinski definition) is 4. The van der Waals surface area contributed by atoms with E-state index >= 15 is 0 Å². The van der Waals surface area contributed by atoms with Gasteiger partial charge in [0.15, 0.2) is 0 Å². The highest BCUT2D eigenvalue weighted by Crippen LogP contribution is 2.51. The number of phenolic OH excluding ortho intramolecular Hbond substituents is 1. The molecule has 5 nitrogen and oxygen atoms in total. The van der Waals surface area contributed by atoms with Crippen molar-refractivity contribution in [3.8, 4) is 5.75 Å². The maximum Gasteiger partial charge on any atom is 0.238 e. The molecule has 2 aromatic rings. The van der Waals surface area contributed by atoms with Crippen LogP contribution in [0.2, 0.25) is 5.02 Å². The molecular weight excluding hydrogens is 486 g/mol. The maximum absolute atomic E-state index is 13.6. The van der Waals surface area contributed by atoms with Gasteiger partial charge in [0.05, 0.1) is 35.3 Å². The SMILES string of the molecule is CCCC1=C2[C@@H](CC/C(=C/c3ccc(O)cc3Cl)CC)OC[C@@H]2[C@@H]2C(=O)N(c3ccccc3)C(=O)[C@@H]2C1. The van der Waals surface area contributed by atoms with Crippen LogP contribution in [-0.4, -0.2) is 29.6 Å². The summed E-state index contributed by atoms with van der Waals surface area (Å²) >= 11 is 6.34. The number of fused-ring (bicyclic) bond motifs is 3. The molecule has 2 fully saturated rings. The molecule has 1 aliphatic carbocycles. The van der Waals surface area contributed by atoms with Crippen LogP contribution < -0.4 is 4.90 Å². The van der Waals surface area contributed by atoms with E-state index in [4.69, 9.17) is 16.3 Å². The fourth-order valence-electron chi connectivity index (χ4n) is 6.36. The molecule has 0 saturated carbocycles. The number of nitrogens with zero attached hydrogens (tertiary/aromatic N) is 1. The van der Waals surface area contributed by atoms with Crippen LogP contribution in [0.15, 0.2) is 65.3 Å². The lowest BCUT2D eigenvalue weighted by Crippen LogP contribution is -2.34. The van der Waals surface area contributed by atoms with Crippen LogP contribution in [0.4, 0.5) is 5.69 Å². The van der Waals surface area contributed by atoms with E-state index in [9.17, 15) is 14.7 Å². The van der Waals surface area contributed by atoms with Gasteiger partial charge in [0.2, 0.25) is 11.8 Å². The molecule has 37 heavy (non-hydrogen) atoms. The summed E-state index contributed by atoms with van der Waals surface area (Å²) in [6, 6.07) is 14.3. The largest absolute Gasteiger partial charge is 0.508 e. The first-order valence-corrected chi connectivity index (χ1v) is 13.7. The van der Waals surface area contributed by atoms with Crippen molar-refractivity contribution in [2.24, 2.45) is 17.8 Å². The average Bonchev–Trinajstić information content (AvgIpc) is 3.42. The zero-order valence-electron chi connectivity index (χ0n) is 21.5. The van der Waals surface area contributed by atoms with Crippen molar-refractivity contribution >= 4 is 35.2 Å². The Hall–Kier alpha value is -2.89. The van der Waals surface area contributed by atoms with Crippen molar-refractivity contribution in [3.05, 3.63) is 75.8 Å². The van der Waals surface area contributed by atoms with Crippen LogP contribution >= 0.6 is 11.6 Å². The number of allylic oxidation sites excluding steroid dienone is 2. The predicted molar refractivity (Wildman–Crippen MR) is 146 cm³/mol. The van der Waals surface area contributed by atoms with Gasteiger partial charge in [0.1, 0.15) is 5.75 Å². The molecule has 6 heteroatoms. The van der Waals surface area contributed by atoms with Gasteiger partial charge in [-0.05, 0) is 73.6 Å². The van der Waals surface area contributed by atoms with Crippen molar-refractivity contribution in [1.29, 1.82) is 0 Å². The van der Waals surface area contributed by atoms with E-state index in [2.05, 4.69) is 19.9 Å². The summed E-state index contributed by atoms with van der Waals surface area (Å²) in [6.45, 7) is 4.79. The number of anilines is 1. The maximum atomic E-state index is 13.6. The quantitative estimate of drug-likeness (QED) is 0.303. The summed E-state index contributed by atoms with van der Waals surface area (Å²) in [6.07, 6.45) is 7.22. The number of rotatable bonds is 8. The second-order valence-electron chi connectivity index (χ2n) is 10.3. The van der Waals surface area contributed by atoms with E-state index < -0.39 is 0 Å². The Labute approximate surface area is 223 Å². The fourth-order valence-corrected chi connectivity index (χ4v) is 6.59. The molecule has 0 radical (unpaired) electrons. The Balaban J connectivity index is 1.38. The normalized spacial score (nSPS) is 25.6. The molecule has 3 aliphatic rings. The summed E-state index contributed by atoms with van der Waals surface area (Å²) < 4.78 is 6.37. The smallest absolute Gasteiger partial charge is 0.238 e. The third kappa shape index (κ3) is 4.87. The van der Waals surface area contributed by atoms with Gasteiger partial charge < -0.3 is 9.84 Å². The van der Waals surface area contributed by atoms with Crippen LogP contribution in [0.25, 0.3) is 6.08 Å². The second-order valence-corrected chi connectivity index (χ2v) is 10.7. The first-order valence-electron chi connectivity index (χ1n) is 13.4. The predicted octanol–water partition coefficient (Wildman–Crippen LogP) is 6.94. The van der Waals surface area contributed by atoms with E-state index in [0.29, 0.717) is 23.7 Å². The summed E-state index contributed by atoms with van der Waals surface area (Å²) in [7, 11) is 0. The number of benzene rings is 2. The van der Waals surface area contributed by atoms with Gasteiger partial charge in [-0.3, -0.25) is 14.5 Å². The first-order chi connectivity index (χ1) is 17.9. The van der Waals surface area contributed by atoms with Crippen LogP contribution in [0.1, 0.15) is 57.9 Å². The van der Waals surface area contributed by atoms with Gasteiger partial charge in [-0.15, -0.1) is 0 Å². The van der Waals surface area contributed by atoms with Gasteiger partial charge in [-0.25, -0.2) is 0 Å². The van der Waals surface area contributed by atoms with Gasteiger partial charge in [-0.1, -0.05) is 67.3 Å². The lowest BCUT2D eigenvalue weighted by atomic mass is 9.68. The zero-order chi connectivity index (χ0) is 26.1. The number of aromatic hydroxyl groups is 1. The Morgan fingerprint density at radius 2 is 1.89 bits per heavy atom. The zero-order valence-corrected chi connectivity index (χ0v) is 22.2. The molecule has 4 atom stereocenters. The molecule has 5 rings (SSSR count). The highest BCUT2D eigenvalue weighted by atomic mass is 35.5. The van der Waals surface area contributed by atoms with Crippen LogP contribution in [-0.2, 0) is 14.3 Å². The number of carbonyl (C=O) groups excluding carboxylic acids is 2. The molecule has 2 aromatic carbocycles. The number of ether oxygens (including phenoxy) is 1. The van der Waals surface area contributed by atoms with Crippen LogP contribution in [0.3, 0.4) is 0 Å². The molecule has 0 bridgehead atoms. The van der Waals surface area contributed by atoms with E-state index in [1.165, 1.54) is 21.6 Å². The number of hydrogen-bond donors (Lipinski definition) is 1. The molecular formula is C31H34ClNO4. The molecule has 2 heterocycles. The lowest BCUT2D eigenvalue weighted by Gasteiger charge is -2.32. The highest BCUT2D eigenvalue weighted by molar-refractivity contribution is 6.32. The Morgan fingerprint density at radius 3 is 2.59 bits per heavy atom. The molecule has 2 aliphatic heterocycles. The minimum Gasteiger partial charge on any atom is -0.508 e. The Bertz CT molecular complexity index is 1250. The van der Waals surface area contributed by atoms with Crippen LogP contribution in [0, 0.1) is 17.8 Å². The van der Waals surface area contributed by atoms with Crippen molar-refractivity contribution in [2.75, 3.05) is 11.5 Å². The molecule has 2 saturated heterocycles. The molecule has 0 unspecified atom stereocenters. The van der Waals surface area contributed by atoms with E-state index in [1.54, 1.807) is 12.1 Å². The first kappa shape index (κ1) is 25.7. The number of halogens is 1. The number of imide groups is 1. The van der Waals surface area contributed by atoms with Gasteiger partial charge in [0.25, 0.3) is 0 Å². The average molecular weight is 520 g/mol. The second kappa shape index (κ2) is 10.8. The summed E-state index contributed by atoms with van der Waals surface area (Å²) in [5.41, 5.74) is 5.40. The molecule has 194 valence electrons. The van der Waals surface area contributed by atoms with Gasteiger partial charge in [-0.2, -0.15) is 0 Å². The van der Waals surface area contributed by atoms with Crippen molar-refractivity contribution in [1.82, 2.24) is 0 Å². The lowest BCUT2D eigenvalue weighted by molar-refractivity contribution is -0.122. The monoisotopic (exact) mass is 519 g/mol. The summed E-state index contributed by atoms with van der Waals surface area (Å²) in [5.74, 6) is -0.671.